The van der Waals surface area contributed by atoms with E-state index in [9.17, 15) is 4.79 Å². The van der Waals surface area contributed by atoms with Gasteiger partial charge in [0.25, 0.3) is 5.91 Å². The van der Waals surface area contributed by atoms with Crippen molar-refractivity contribution in [1.29, 1.82) is 0 Å². The number of thioether (sulfide) groups is 1. The van der Waals surface area contributed by atoms with E-state index in [1.165, 1.54) is 11.8 Å². The topological polar surface area (TPSA) is 69.5 Å². The van der Waals surface area contributed by atoms with Crippen molar-refractivity contribution in [3.8, 4) is 5.75 Å². The molecule has 0 radical (unpaired) electrons. The van der Waals surface area contributed by atoms with E-state index in [4.69, 9.17) is 14.9 Å². The van der Waals surface area contributed by atoms with Gasteiger partial charge < -0.3 is 10.1 Å². The fraction of sp³-hybridized carbons (Fsp3) is 0.100. The Balaban J connectivity index is 1.57. The molecule has 0 bridgehead atoms. The number of rotatable bonds is 5. The second kappa shape index (κ2) is 9.72. The molecule has 1 N–H and O–H groups in total. The van der Waals surface area contributed by atoms with Crippen LogP contribution in [-0.2, 0) is 9.79 Å². The number of fused-ring (bicyclic) bond motifs is 2. The molecule has 1 atom stereocenters. The van der Waals surface area contributed by atoms with Crippen LogP contribution >= 0.6 is 11.8 Å². The highest BCUT2D eigenvalue weighted by Gasteiger charge is 2.56. The van der Waals surface area contributed by atoms with E-state index < -0.39 is 4.99 Å². The van der Waals surface area contributed by atoms with Crippen LogP contribution in [0.1, 0.15) is 18.1 Å². The Morgan fingerprint density at radius 2 is 1.47 bits per heavy atom. The molecule has 188 valence electrons. The molecule has 1 unspecified atom stereocenters. The molecular formula is C30H25N5O2S. The maximum absolute atomic E-state index is 13.6. The molecule has 8 heteroatoms. The van der Waals surface area contributed by atoms with Crippen molar-refractivity contribution in [3.05, 3.63) is 120 Å². The molecule has 0 fully saturated rings. The zero-order valence-electron chi connectivity index (χ0n) is 20.9. The summed E-state index contributed by atoms with van der Waals surface area (Å²) in [4.78, 5) is 12.6. The van der Waals surface area contributed by atoms with Crippen LogP contribution in [0.4, 0.5) is 17.1 Å². The summed E-state index contributed by atoms with van der Waals surface area (Å²) in [6.07, 6.45) is 0. The van der Waals surface area contributed by atoms with Gasteiger partial charge in [-0.25, -0.2) is 10.0 Å². The number of carbonyl (C=O) groups is 1. The average Bonchev–Trinajstić information content (AvgIpc) is 3.37. The van der Waals surface area contributed by atoms with Crippen molar-refractivity contribution in [2.75, 3.05) is 22.4 Å². The summed E-state index contributed by atoms with van der Waals surface area (Å²) in [6.45, 7) is 2.00. The van der Waals surface area contributed by atoms with E-state index >= 15 is 0 Å². The Bertz CT molecular complexity index is 1560. The molecule has 1 spiro atoms. The Kier molecular flexibility index (Phi) is 6.09. The van der Waals surface area contributed by atoms with Gasteiger partial charge in [-0.2, -0.15) is 10.2 Å². The number of carbonyl (C=O) groups excluding carboxylic acids is 1. The summed E-state index contributed by atoms with van der Waals surface area (Å²) < 4.78 is 5.76. The van der Waals surface area contributed by atoms with Gasteiger partial charge in [-0.15, -0.1) is 0 Å². The molecule has 2 aliphatic rings. The standard InChI is InChI=1S/C30H25N5O2S/c1-21-24-17-9-10-18-25(24)30(34(32-21)23-15-7-4-8-16-23)35(26-19-11-12-20-27(26)37-2)33-29(38-30)28(36)31-22-13-5-3-6-14-22/h3-20H,1-2H3,(H,31,36). The van der Waals surface area contributed by atoms with Gasteiger partial charge >= 0.3 is 0 Å². The number of para-hydroxylation sites is 4. The molecule has 1 amide bonds. The summed E-state index contributed by atoms with van der Waals surface area (Å²) in [6, 6.07) is 35.1. The lowest BCUT2D eigenvalue weighted by Crippen LogP contribution is -2.53. The third-order valence-corrected chi connectivity index (χ3v) is 7.77. The second-order valence-electron chi connectivity index (χ2n) is 8.80. The highest BCUT2D eigenvalue weighted by atomic mass is 32.2. The SMILES string of the molecule is COc1ccccc1N1N=C(C(=O)Nc2ccccc2)SC12c1ccccc1C(C)=NN2c1ccccc1. The quantitative estimate of drug-likeness (QED) is 0.337. The minimum absolute atomic E-state index is 0.297. The zero-order valence-corrected chi connectivity index (χ0v) is 21.7. The van der Waals surface area contributed by atoms with Crippen LogP contribution in [0.25, 0.3) is 0 Å². The molecule has 0 aromatic heterocycles. The highest BCUT2D eigenvalue weighted by molar-refractivity contribution is 8.17. The molecule has 4 aromatic rings. The van der Waals surface area contributed by atoms with Crippen molar-refractivity contribution in [2.24, 2.45) is 10.2 Å². The van der Waals surface area contributed by atoms with E-state index in [-0.39, 0.29) is 5.91 Å². The van der Waals surface area contributed by atoms with Gasteiger partial charge in [0.1, 0.15) is 11.4 Å². The summed E-state index contributed by atoms with van der Waals surface area (Å²) >= 11 is 1.36. The Labute approximate surface area is 225 Å². The first-order chi connectivity index (χ1) is 18.6. The highest BCUT2D eigenvalue weighted by Crippen LogP contribution is 2.55. The van der Waals surface area contributed by atoms with Gasteiger partial charge in [0.2, 0.25) is 4.99 Å². The van der Waals surface area contributed by atoms with E-state index in [1.54, 1.807) is 7.11 Å². The summed E-state index contributed by atoms with van der Waals surface area (Å²) in [5, 5.41) is 17.1. The van der Waals surface area contributed by atoms with Gasteiger partial charge in [-0.05, 0) is 55.1 Å². The zero-order chi connectivity index (χ0) is 26.1. The van der Waals surface area contributed by atoms with Gasteiger partial charge in [-0.1, -0.05) is 72.8 Å². The molecular weight excluding hydrogens is 494 g/mol. The number of hydrogen-bond donors (Lipinski definition) is 1. The predicted molar refractivity (Wildman–Crippen MR) is 155 cm³/mol. The third kappa shape index (κ3) is 3.90. The molecule has 7 nitrogen and oxygen atoms in total. The summed E-state index contributed by atoms with van der Waals surface area (Å²) in [5.41, 5.74) is 5.12. The third-order valence-electron chi connectivity index (χ3n) is 6.46. The first kappa shape index (κ1) is 23.8. The molecule has 4 aromatic carbocycles. The van der Waals surface area contributed by atoms with E-state index in [0.717, 1.165) is 28.2 Å². The predicted octanol–water partition coefficient (Wildman–Crippen LogP) is 6.26. The number of hydrazone groups is 2. The Morgan fingerprint density at radius 3 is 2.24 bits per heavy atom. The first-order valence-corrected chi connectivity index (χ1v) is 13.0. The van der Waals surface area contributed by atoms with E-state index in [2.05, 4.69) is 17.4 Å². The minimum Gasteiger partial charge on any atom is -0.495 e. The number of nitrogens with zero attached hydrogens (tertiary/aromatic N) is 4. The molecule has 38 heavy (non-hydrogen) atoms. The molecule has 2 heterocycles. The lowest BCUT2D eigenvalue weighted by Gasteiger charge is -2.47. The van der Waals surface area contributed by atoms with Crippen LogP contribution < -0.4 is 20.1 Å². The van der Waals surface area contributed by atoms with Gasteiger partial charge in [0.15, 0.2) is 5.04 Å². The lowest BCUT2D eigenvalue weighted by atomic mass is 9.98. The van der Waals surface area contributed by atoms with Crippen LogP contribution in [-0.4, -0.2) is 23.8 Å². The fourth-order valence-corrected chi connectivity index (χ4v) is 6.03. The first-order valence-electron chi connectivity index (χ1n) is 12.2. The lowest BCUT2D eigenvalue weighted by molar-refractivity contribution is -0.110. The smallest absolute Gasteiger partial charge is 0.282 e. The summed E-state index contributed by atoms with van der Waals surface area (Å²) in [5.74, 6) is 0.340. The van der Waals surface area contributed by atoms with Crippen molar-refractivity contribution in [3.63, 3.8) is 0 Å². The van der Waals surface area contributed by atoms with Crippen LogP contribution in [0.2, 0.25) is 0 Å². The van der Waals surface area contributed by atoms with Crippen molar-refractivity contribution >= 4 is 45.5 Å². The van der Waals surface area contributed by atoms with Crippen molar-refractivity contribution in [1.82, 2.24) is 0 Å². The van der Waals surface area contributed by atoms with Crippen LogP contribution in [0.3, 0.4) is 0 Å². The maximum atomic E-state index is 13.6. The number of amides is 1. The summed E-state index contributed by atoms with van der Waals surface area (Å²) in [7, 11) is 1.63. The largest absolute Gasteiger partial charge is 0.495 e. The number of ether oxygens (including phenoxy) is 1. The van der Waals surface area contributed by atoms with Crippen LogP contribution in [0.15, 0.2) is 119 Å². The number of methoxy groups -OCH3 is 1. The van der Waals surface area contributed by atoms with Crippen molar-refractivity contribution < 1.29 is 9.53 Å². The van der Waals surface area contributed by atoms with Gasteiger partial charge in [0.05, 0.1) is 18.5 Å². The number of hydrogen-bond acceptors (Lipinski definition) is 7. The number of benzene rings is 4. The molecule has 0 saturated carbocycles. The van der Waals surface area contributed by atoms with Crippen LogP contribution in [0, 0.1) is 0 Å². The Morgan fingerprint density at radius 1 is 0.816 bits per heavy atom. The van der Waals surface area contributed by atoms with Gasteiger partial charge in [-0.3, -0.25) is 4.79 Å². The number of anilines is 3. The Hall–Kier alpha value is -4.56. The normalized spacial score (nSPS) is 18.1. The van der Waals surface area contributed by atoms with Crippen LogP contribution in [0.5, 0.6) is 5.75 Å². The second-order valence-corrected chi connectivity index (χ2v) is 9.96. The molecule has 0 aliphatic carbocycles. The molecule has 6 rings (SSSR count). The molecule has 2 aliphatic heterocycles. The fourth-order valence-electron chi connectivity index (χ4n) is 4.75. The maximum Gasteiger partial charge on any atom is 0.282 e. The minimum atomic E-state index is -1.03. The number of nitrogens with one attached hydrogen (secondary N) is 1. The average molecular weight is 520 g/mol. The molecule has 0 saturated heterocycles. The van der Waals surface area contributed by atoms with E-state index in [1.807, 2.05) is 114 Å². The van der Waals surface area contributed by atoms with Gasteiger partial charge in [0, 0.05) is 16.8 Å². The van der Waals surface area contributed by atoms with Crippen molar-refractivity contribution in [2.45, 2.75) is 11.9 Å². The van der Waals surface area contributed by atoms with E-state index in [0.29, 0.717) is 16.5 Å². The monoisotopic (exact) mass is 519 g/mol.